The number of hydrogen-bond donors (Lipinski definition) is 0. The fourth-order valence-electron chi connectivity index (χ4n) is 1.04. The van der Waals surface area contributed by atoms with Crippen LogP contribution in [0.25, 0.3) is 0 Å². The van der Waals surface area contributed by atoms with Crippen molar-refractivity contribution in [2.24, 2.45) is 0 Å². The summed E-state index contributed by atoms with van der Waals surface area (Å²) in [6.07, 6.45) is 0.319. The summed E-state index contributed by atoms with van der Waals surface area (Å²) >= 11 is 0. The molecule has 12 heteroatoms. The lowest BCUT2D eigenvalue weighted by atomic mass is 10.3. The van der Waals surface area contributed by atoms with E-state index in [-0.39, 0.29) is 0 Å². The second kappa shape index (κ2) is 4.61. The van der Waals surface area contributed by atoms with Gasteiger partial charge in [0.05, 0.1) is 6.26 Å². The largest absolute Gasteiger partial charge is 0.744 e. The van der Waals surface area contributed by atoms with Gasteiger partial charge in [0.25, 0.3) is 0 Å². The molecule has 0 fully saturated rings. The molecule has 0 aliphatic rings. The molecule has 0 aromatic heterocycles. The van der Waals surface area contributed by atoms with Gasteiger partial charge in [0.2, 0.25) is 17.4 Å². The summed E-state index contributed by atoms with van der Waals surface area (Å²) in [6, 6.07) is 0. The van der Waals surface area contributed by atoms with E-state index in [1.165, 1.54) is 0 Å². The van der Waals surface area contributed by atoms with Crippen LogP contribution < -0.4 is 4.18 Å². The Kier molecular flexibility index (Phi) is 3.80. The van der Waals surface area contributed by atoms with Crippen LogP contribution in [0.15, 0.2) is 4.90 Å². The topological polar surface area (TPSA) is 101 Å². The quantitative estimate of drug-likeness (QED) is 0.347. The first-order valence-corrected chi connectivity index (χ1v) is 7.30. The third kappa shape index (κ3) is 3.13. The number of rotatable bonds is 3. The van der Waals surface area contributed by atoms with Gasteiger partial charge in [-0.15, -0.1) is 0 Å². The monoisotopic (exact) mass is 323 g/mol. The van der Waals surface area contributed by atoms with Crippen molar-refractivity contribution < 1.29 is 43.1 Å². The zero-order chi connectivity index (χ0) is 15.2. The summed E-state index contributed by atoms with van der Waals surface area (Å²) in [5.74, 6) is -12.1. The third-order valence-electron chi connectivity index (χ3n) is 1.67. The summed E-state index contributed by atoms with van der Waals surface area (Å²) in [5, 5.41) is 0. The Hall–Kier alpha value is -1.40. The first-order chi connectivity index (χ1) is 8.36. The van der Waals surface area contributed by atoms with E-state index in [0.29, 0.717) is 6.26 Å². The fourth-order valence-corrected chi connectivity index (χ4v) is 2.10. The molecular formula is C7H3F4O6S2-. The molecule has 108 valence electrons. The van der Waals surface area contributed by atoms with Crippen LogP contribution in [0, 0.1) is 23.3 Å². The highest BCUT2D eigenvalue weighted by Gasteiger charge is 2.31. The van der Waals surface area contributed by atoms with Crippen LogP contribution in [0.3, 0.4) is 0 Å². The smallest absolute Gasteiger partial charge is 0.306 e. The van der Waals surface area contributed by atoms with Crippen molar-refractivity contribution in [1.82, 2.24) is 0 Å². The maximum absolute atomic E-state index is 13.2. The van der Waals surface area contributed by atoms with Crippen molar-refractivity contribution >= 4 is 20.2 Å². The molecule has 1 rings (SSSR count). The Morgan fingerprint density at radius 1 is 0.895 bits per heavy atom. The van der Waals surface area contributed by atoms with E-state index in [4.69, 9.17) is 0 Å². The number of halogens is 4. The van der Waals surface area contributed by atoms with Gasteiger partial charge in [0, 0.05) is 0 Å². The highest BCUT2D eigenvalue weighted by atomic mass is 32.2. The van der Waals surface area contributed by atoms with Gasteiger partial charge < -0.3 is 8.74 Å². The molecule has 0 bridgehead atoms. The zero-order valence-corrected chi connectivity index (χ0v) is 10.4. The molecule has 1 aromatic carbocycles. The molecule has 0 spiro atoms. The highest BCUT2D eigenvalue weighted by molar-refractivity contribution is 7.86. The minimum Gasteiger partial charge on any atom is -0.744 e. The predicted octanol–water partition coefficient (Wildman–Crippen LogP) is 0.486. The summed E-state index contributed by atoms with van der Waals surface area (Å²) in [6.45, 7) is 0. The SMILES string of the molecule is CS(=O)(=O)Oc1c(F)c(F)c(S(=O)(=O)[O-])c(F)c1F. The summed E-state index contributed by atoms with van der Waals surface area (Å²) in [5.41, 5.74) is 0. The van der Waals surface area contributed by atoms with Gasteiger partial charge in [-0.1, -0.05) is 0 Å². The molecule has 0 radical (unpaired) electrons. The van der Waals surface area contributed by atoms with E-state index in [9.17, 15) is 39.0 Å². The van der Waals surface area contributed by atoms with E-state index < -0.39 is 54.2 Å². The summed E-state index contributed by atoms with van der Waals surface area (Å²) in [7, 11) is -10.4. The fraction of sp³-hybridized carbons (Fsp3) is 0.143. The van der Waals surface area contributed by atoms with E-state index in [1.807, 2.05) is 0 Å². The van der Waals surface area contributed by atoms with E-state index in [2.05, 4.69) is 4.18 Å². The molecule has 0 saturated carbocycles. The van der Waals surface area contributed by atoms with Gasteiger partial charge in [0.15, 0.2) is 11.6 Å². The van der Waals surface area contributed by atoms with Gasteiger partial charge in [0.1, 0.15) is 15.0 Å². The van der Waals surface area contributed by atoms with E-state index >= 15 is 0 Å². The number of hydrogen-bond acceptors (Lipinski definition) is 6. The molecule has 19 heavy (non-hydrogen) atoms. The molecule has 0 N–H and O–H groups in total. The minimum atomic E-state index is -5.85. The molecule has 0 atom stereocenters. The molecule has 6 nitrogen and oxygen atoms in total. The zero-order valence-electron chi connectivity index (χ0n) is 8.78. The van der Waals surface area contributed by atoms with Crippen molar-refractivity contribution in [2.45, 2.75) is 4.90 Å². The minimum absolute atomic E-state index is 0.319. The average molecular weight is 323 g/mol. The van der Waals surface area contributed by atoms with Crippen LogP contribution in [0.5, 0.6) is 5.75 Å². The van der Waals surface area contributed by atoms with Gasteiger partial charge in [-0.2, -0.15) is 17.2 Å². The highest BCUT2D eigenvalue weighted by Crippen LogP contribution is 2.32. The van der Waals surface area contributed by atoms with Crippen LogP contribution in [0.4, 0.5) is 17.6 Å². The molecule has 0 saturated heterocycles. The Balaban J connectivity index is 3.77. The lowest BCUT2D eigenvalue weighted by Crippen LogP contribution is -2.15. The van der Waals surface area contributed by atoms with Crippen LogP contribution in [0.1, 0.15) is 0 Å². The number of benzene rings is 1. The maximum atomic E-state index is 13.2. The maximum Gasteiger partial charge on any atom is 0.306 e. The first kappa shape index (κ1) is 15.7. The Morgan fingerprint density at radius 3 is 1.53 bits per heavy atom. The molecule has 1 aromatic rings. The molecular weight excluding hydrogens is 320 g/mol. The van der Waals surface area contributed by atoms with E-state index in [1.54, 1.807) is 0 Å². The third-order valence-corrected chi connectivity index (χ3v) is 3.00. The van der Waals surface area contributed by atoms with E-state index in [0.717, 1.165) is 0 Å². The molecule has 0 amide bonds. The van der Waals surface area contributed by atoms with Crippen LogP contribution in [-0.2, 0) is 20.2 Å². The van der Waals surface area contributed by atoms with Crippen molar-refractivity contribution in [3.63, 3.8) is 0 Å². The van der Waals surface area contributed by atoms with Crippen molar-refractivity contribution in [3.8, 4) is 5.75 Å². The molecule has 0 unspecified atom stereocenters. The molecule has 0 aliphatic heterocycles. The lowest BCUT2D eigenvalue weighted by Gasteiger charge is -2.13. The Morgan fingerprint density at radius 2 is 1.26 bits per heavy atom. The second-order valence-electron chi connectivity index (χ2n) is 3.16. The summed E-state index contributed by atoms with van der Waals surface area (Å²) < 4.78 is 109. The van der Waals surface area contributed by atoms with Gasteiger partial charge in [-0.05, 0) is 0 Å². The van der Waals surface area contributed by atoms with Crippen LogP contribution in [0.2, 0.25) is 0 Å². The second-order valence-corrected chi connectivity index (χ2v) is 6.05. The van der Waals surface area contributed by atoms with Gasteiger partial charge >= 0.3 is 10.1 Å². The van der Waals surface area contributed by atoms with Crippen molar-refractivity contribution in [2.75, 3.05) is 6.26 Å². The average Bonchev–Trinajstić information content (AvgIpc) is 2.18. The lowest BCUT2D eigenvalue weighted by molar-refractivity contribution is 0.364. The first-order valence-electron chi connectivity index (χ1n) is 4.07. The summed E-state index contributed by atoms with van der Waals surface area (Å²) in [4.78, 5) is -2.40. The standard InChI is InChI=1S/C7H4F4O6S2/c1-18(12,13)17-6-2(8)4(10)7(19(14,15)16)5(11)3(6)9/h1H3,(H,14,15,16)/p-1. The van der Waals surface area contributed by atoms with Gasteiger partial charge in [-0.25, -0.2) is 17.2 Å². The van der Waals surface area contributed by atoms with Crippen LogP contribution in [-0.4, -0.2) is 27.6 Å². The Bertz CT molecular complexity index is 710. The predicted molar refractivity (Wildman–Crippen MR) is 49.7 cm³/mol. The molecule has 0 aliphatic carbocycles. The molecule has 0 heterocycles. The Labute approximate surface area is 104 Å². The van der Waals surface area contributed by atoms with Crippen LogP contribution >= 0.6 is 0 Å². The van der Waals surface area contributed by atoms with Crippen molar-refractivity contribution in [1.29, 1.82) is 0 Å². The normalized spacial score (nSPS) is 12.5. The van der Waals surface area contributed by atoms with Gasteiger partial charge in [-0.3, -0.25) is 0 Å². The van der Waals surface area contributed by atoms with Crippen molar-refractivity contribution in [3.05, 3.63) is 23.3 Å².